The minimum Gasteiger partial charge on any atom is -0.507 e. The standard InChI is InChI=1S/C17H22BN3O6/c22-16-11(3-5-18(25)26)1-2-14(15(16)17(23)24)27-13-8-21(9-13)6-4-12-7-19-10-20-12/h1-2,7,10,13,22,25-26H,3-6,8-9H2,(H,19,20)(H,23,24). The Morgan fingerprint density at radius 3 is 2.74 bits per heavy atom. The molecule has 5 N–H and O–H groups in total. The number of nitrogens with one attached hydrogen (secondary N) is 1. The van der Waals surface area contributed by atoms with Crippen molar-refractivity contribution in [3.8, 4) is 11.5 Å². The van der Waals surface area contributed by atoms with Gasteiger partial charge in [0.15, 0.2) is 0 Å². The first-order chi connectivity index (χ1) is 12.9. The van der Waals surface area contributed by atoms with E-state index in [2.05, 4.69) is 14.9 Å². The monoisotopic (exact) mass is 375 g/mol. The molecule has 9 nitrogen and oxygen atoms in total. The van der Waals surface area contributed by atoms with Crippen molar-refractivity contribution in [1.29, 1.82) is 0 Å². The zero-order valence-electron chi connectivity index (χ0n) is 14.7. The Kier molecular flexibility index (Phi) is 5.99. The zero-order valence-corrected chi connectivity index (χ0v) is 14.7. The molecular formula is C17H22BN3O6. The molecular weight excluding hydrogens is 353 g/mol. The SMILES string of the molecule is O=C(O)c1c(OC2CN(CCc3cnc[nH]3)C2)ccc(CCB(O)O)c1O. The molecule has 1 saturated heterocycles. The van der Waals surface area contributed by atoms with Gasteiger partial charge in [0.1, 0.15) is 23.2 Å². The fourth-order valence-corrected chi connectivity index (χ4v) is 3.07. The third kappa shape index (κ3) is 4.79. The van der Waals surface area contributed by atoms with Gasteiger partial charge in [-0.15, -0.1) is 0 Å². The summed E-state index contributed by atoms with van der Waals surface area (Å²) in [5.74, 6) is -1.56. The van der Waals surface area contributed by atoms with Crippen LogP contribution in [0.2, 0.25) is 6.32 Å². The van der Waals surface area contributed by atoms with Crippen LogP contribution < -0.4 is 4.74 Å². The topological polar surface area (TPSA) is 139 Å². The van der Waals surface area contributed by atoms with Crippen LogP contribution in [-0.4, -0.2) is 74.0 Å². The van der Waals surface area contributed by atoms with Crippen molar-refractivity contribution in [2.75, 3.05) is 19.6 Å². The molecule has 0 atom stereocenters. The van der Waals surface area contributed by atoms with Gasteiger partial charge in [0.25, 0.3) is 0 Å². The molecule has 0 bridgehead atoms. The molecule has 144 valence electrons. The number of aryl methyl sites for hydroxylation is 1. The van der Waals surface area contributed by atoms with Gasteiger partial charge in [-0.2, -0.15) is 0 Å². The number of phenols is 1. The van der Waals surface area contributed by atoms with Crippen LogP contribution in [0.4, 0.5) is 0 Å². The van der Waals surface area contributed by atoms with Gasteiger partial charge < -0.3 is 30.0 Å². The number of carboxylic acid groups (broad SMARTS) is 1. The highest BCUT2D eigenvalue weighted by atomic mass is 16.5. The molecule has 0 aliphatic carbocycles. The number of carbonyl (C=O) groups is 1. The second-order valence-electron chi connectivity index (χ2n) is 6.60. The third-order valence-electron chi connectivity index (χ3n) is 4.58. The molecule has 1 fully saturated rings. The predicted molar refractivity (Wildman–Crippen MR) is 96.9 cm³/mol. The van der Waals surface area contributed by atoms with Gasteiger partial charge in [0.05, 0.1) is 6.33 Å². The second-order valence-corrected chi connectivity index (χ2v) is 6.60. The number of carboxylic acids is 1. The first-order valence-electron chi connectivity index (χ1n) is 8.74. The maximum Gasteiger partial charge on any atom is 0.451 e. The lowest BCUT2D eigenvalue weighted by atomic mass is 9.82. The van der Waals surface area contributed by atoms with Gasteiger partial charge in [-0.05, 0) is 24.4 Å². The lowest BCUT2D eigenvalue weighted by molar-refractivity contribution is 0.0195. The molecule has 2 heterocycles. The molecule has 0 radical (unpaired) electrons. The highest BCUT2D eigenvalue weighted by molar-refractivity contribution is 6.41. The number of aromatic nitrogens is 2. The third-order valence-corrected chi connectivity index (χ3v) is 4.58. The molecule has 2 aromatic rings. The van der Waals surface area contributed by atoms with Crippen LogP contribution in [0.3, 0.4) is 0 Å². The van der Waals surface area contributed by atoms with E-state index in [1.807, 2.05) is 0 Å². The molecule has 1 aromatic carbocycles. The average Bonchev–Trinajstić information content (AvgIpc) is 3.08. The van der Waals surface area contributed by atoms with Crippen molar-refractivity contribution in [3.63, 3.8) is 0 Å². The molecule has 10 heteroatoms. The smallest absolute Gasteiger partial charge is 0.451 e. The van der Waals surface area contributed by atoms with Crippen molar-refractivity contribution < 1.29 is 29.8 Å². The molecule has 3 rings (SSSR count). The Hall–Kier alpha value is -2.56. The van der Waals surface area contributed by atoms with E-state index in [0.717, 1.165) is 18.7 Å². The second kappa shape index (κ2) is 8.42. The number of aromatic amines is 1. The molecule has 1 aliphatic heterocycles. The van der Waals surface area contributed by atoms with Crippen LogP contribution in [0.25, 0.3) is 0 Å². The Morgan fingerprint density at radius 1 is 1.33 bits per heavy atom. The van der Waals surface area contributed by atoms with Gasteiger partial charge in [-0.1, -0.05) is 6.07 Å². The molecule has 0 unspecified atom stereocenters. The number of rotatable bonds is 9. The fourth-order valence-electron chi connectivity index (χ4n) is 3.07. The van der Waals surface area contributed by atoms with Crippen LogP contribution >= 0.6 is 0 Å². The number of imidazole rings is 1. The van der Waals surface area contributed by atoms with E-state index in [9.17, 15) is 15.0 Å². The number of H-pyrrole nitrogens is 1. The first-order valence-corrected chi connectivity index (χ1v) is 8.74. The number of nitrogens with zero attached hydrogens (tertiary/aromatic N) is 2. The highest BCUT2D eigenvalue weighted by Crippen LogP contribution is 2.33. The minimum atomic E-state index is -1.52. The lowest BCUT2D eigenvalue weighted by Gasteiger charge is -2.39. The summed E-state index contributed by atoms with van der Waals surface area (Å²) in [6, 6.07) is 3.06. The van der Waals surface area contributed by atoms with Gasteiger partial charge >= 0.3 is 13.1 Å². The summed E-state index contributed by atoms with van der Waals surface area (Å²) < 4.78 is 5.77. The van der Waals surface area contributed by atoms with Crippen molar-refractivity contribution in [1.82, 2.24) is 14.9 Å². The van der Waals surface area contributed by atoms with E-state index in [1.165, 1.54) is 6.07 Å². The number of likely N-dealkylation sites (tertiary alicyclic amines) is 1. The van der Waals surface area contributed by atoms with Crippen molar-refractivity contribution in [2.45, 2.75) is 25.3 Å². The highest BCUT2D eigenvalue weighted by Gasteiger charge is 2.30. The lowest BCUT2D eigenvalue weighted by Crippen LogP contribution is -2.54. The van der Waals surface area contributed by atoms with Crippen LogP contribution in [-0.2, 0) is 12.8 Å². The van der Waals surface area contributed by atoms with Gasteiger partial charge in [0.2, 0.25) is 0 Å². The molecule has 27 heavy (non-hydrogen) atoms. The van der Waals surface area contributed by atoms with Gasteiger partial charge in [-0.3, -0.25) is 4.90 Å². The molecule has 1 aliphatic rings. The van der Waals surface area contributed by atoms with E-state index in [0.29, 0.717) is 18.7 Å². The number of aromatic hydroxyl groups is 1. The summed E-state index contributed by atoms with van der Waals surface area (Å²) in [4.78, 5) is 20.8. The number of benzene rings is 1. The number of hydrogen-bond donors (Lipinski definition) is 5. The zero-order chi connectivity index (χ0) is 19.4. The maximum atomic E-state index is 11.6. The Balaban J connectivity index is 1.58. The number of aromatic carboxylic acids is 1. The number of hydrogen-bond acceptors (Lipinski definition) is 7. The van der Waals surface area contributed by atoms with Crippen LogP contribution in [0.5, 0.6) is 11.5 Å². The summed E-state index contributed by atoms with van der Waals surface area (Å²) in [5, 5.41) is 37.6. The summed E-state index contributed by atoms with van der Waals surface area (Å²) in [5.41, 5.74) is 1.10. The Labute approximate surface area is 156 Å². The Morgan fingerprint density at radius 2 is 2.11 bits per heavy atom. The predicted octanol–water partition coefficient (Wildman–Crippen LogP) is 0.134. The normalized spacial score (nSPS) is 14.7. The number of ether oxygens (including phenoxy) is 1. The maximum absolute atomic E-state index is 11.6. The summed E-state index contributed by atoms with van der Waals surface area (Å²) in [6.45, 7) is 2.19. The molecule has 1 aromatic heterocycles. The van der Waals surface area contributed by atoms with Crippen LogP contribution in [0.1, 0.15) is 21.6 Å². The van der Waals surface area contributed by atoms with E-state index in [4.69, 9.17) is 14.8 Å². The minimum absolute atomic E-state index is 0.000734. The van der Waals surface area contributed by atoms with Gasteiger partial charge in [0, 0.05) is 37.9 Å². The quantitative estimate of drug-likeness (QED) is 0.390. The van der Waals surface area contributed by atoms with E-state index in [1.54, 1.807) is 18.6 Å². The first kappa shape index (κ1) is 19.2. The molecule has 0 saturated carbocycles. The van der Waals surface area contributed by atoms with Crippen molar-refractivity contribution in [2.24, 2.45) is 0 Å². The van der Waals surface area contributed by atoms with Crippen LogP contribution in [0.15, 0.2) is 24.7 Å². The van der Waals surface area contributed by atoms with Crippen LogP contribution in [0, 0.1) is 0 Å². The average molecular weight is 375 g/mol. The molecule has 0 amide bonds. The van der Waals surface area contributed by atoms with E-state index in [-0.39, 0.29) is 30.2 Å². The van der Waals surface area contributed by atoms with Crippen molar-refractivity contribution in [3.05, 3.63) is 41.5 Å². The van der Waals surface area contributed by atoms with Gasteiger partial charge in [-0.25, -0.2) is 9.78 Å². The molecule has 0 spiro atoms. The fraction of sp³-hybridized carbons (Fsp3) is 0.412. The van der Waals surface area contributed by atoms with E-state index >= 15 is 0 Å². The van der Waals surface area contributed by atoms with E-state index < -0.39 is 18.8 Å². The summed E-state index contributed by atoms with van der Waals surface area (Å²) in [6.07, 6.45) is 4.28. The summed E-state index contributed by atoms with van der Waals surface area (Å²) >= 11 is 0. The largest absolute Gasteiger partial charge is 0.507 e. The summed E-state index contributed by atoms with van der Waals surface area (Å²) in [7, 11) is -1.52. The Bertz CT molecular complexity index is 777. The van der Waals surface area contributed by atoms with Crippen molar-refractivity contribution >= 4 is 13.1 Å².